The maximum atomic E-state index is 14.7. The van der Waals surface area contributed by atoms with Crippen LogP contribution in [0.25, 0.3) is 0 Å². The Hall–Kier alpha value is -2.98. The summed E-state index contributed by atoms with van der Waals surface area (Å²) in [7, 11) is 0. The first-order chi connectivity index (χ1) is 15.0. The molecular formula is C21H28FN7O2. The molecule has 2 aromatic heterocycles. The van der Waals surface area contributed by atoms with E-state index in [0.717, 1.165) is 50.5 Å². The number of pyridine rings is 2. The molecule has 1 aliphatic carbocycles. The molecule has 1 amide bonds. The average Bonchev–Trinajstić information content (AvgIpc) is 2.78. The van der Waals surface area contributed by atoms with Gasteiger partial charge in [-0.1, -0.05) is 12.8 Å². The number of anilines is 4. The summed E-state index contributed by atoms with van der Waals surface area (Å²) in [5.41, 5.74) is 13.2. The Balaban J connectivity index is 1.60. The molecule has 4 rings (SSSR count). The quantitative estimate of drug-likeness (QED) is 0.548. The molecule has 166 valence electrons. The van der Waals surface area contributed by atoms with E-state index in [2.05, 4.69) is 25.5 Å². The Morgan fingerprint density at radius 2 is 1.94 bits per heavy atom. The number of primary amides is 1. The van der Waals surface area contributed by atoms with Crippen LogP contribution in [0.15, 0.2) is 24.5 Å². The molecule has 2 atom stereocenters. The second-order valence-electron chi connectivity index (χ2n) is 7.93. The van der Waals surface area contributed by atoms with Gasteiger partial charge in [-0.3, -0.25) is 9.78 Å². The van der Waals surface area contributed by atoms with Crippen molar-refractivity contribution in [2.24, 2.45) is 11.5 Å². The van der Waals surface area contributed by atoms with Crippen molar-refractivity contribution in [3.05, 3.63) is 35.9 Å². The first kappa shape index (κ1) is 21.3. The van der Waals surface area contributed by atoms with Crippen molar-refractivity contribution in [3.63, 3.8) is 0 Å². The van der Waals surface area contributed by atoms with Crippen LogP contribution in [0.1, 0.15) is 36.0 Å². The molecule has 1 saturated heterocycles. The van der Waals surface area contributed by atoms with Crippen LogP contribution in [-0.4, -0.2) is 54.3 Å². The molecular weight excluding hydrogens is 401 g/mol. The van der Waals surface area contributed by atoms with Crippen molar-refractivity contribution in [2.75, 3.05) is 41.8 Å². The van der Waals surface area contributed by atoms with Gasteiger partial charge in [0.25, 0.3) is 5.91 Å². The molecule has 1 aliphatic heterocycles. The number of halogens is 1. The Morgan fingerprint density at radius 1 is 1.16 bits per heavy atom. The highest BCUT2D eigenvalue weighted by Gasteiger charge is 2.24. The topological polar surface area (TPSA) is 131 Å². The molecule has 1 saturated carbocycles. The molecule has 6 N–H and O–H groups in total. The van der Waals surface area contributed by atoms with Gasteiger partial charge < -0.3 is 31.7 Å². The van der Waals surface area contributed by atoms with Crippen molar-refractivity contribution >= 4 is 28.9 Å². The zero-order valence-electron chi connectivity index (χ0n) is 17.3. The SMILES string of the molecule is NC(=O)c1cc(F)c(NC2CCCC[C@@H]2N)nc1Nc1cncc(N2CCOCC2)c1. The van der Waals surface area contributed by atoms with Gasteiger partial charge in [0.2, 0.25) is 0 Å². The van der Waals surface area contributed by atoms with E-state index in [-0.39, 0.29) is 29.3 Å². The Morgan fingerprint density at radius 3 is 2.68 bits per heavy atom. The summed E-state index contributed by atoms with van der Waals surface area (Å²) in [6.07, 6.45) is 7.19. The van der Waals surface area contributed by atoms with Crippen LogP contribution in [0.3, 0.4) is 0 Å². The minimum atomic E-state index is -0.771. The summed E-state index contributed by atoms with van der Waals surface area (Å²) >= 11 is 0. The monoisotopic (exact) mass is 429 g/mol. The molecule has 0 aromatic carbocycles. The predicted octanol–water partition coefficient (Wildman–Crippen LogP) is 1.98. The van der Waals surface area contributed by atoms with Crippen molar-refractivity contribution in [2.45, 2.75) is 37.8 Å². The third kappa shape index (κ3) is 5.02. The van der Waals surface area contributed by atoms with Crippen LogP contribution in [0, 0.1) is 5.82 Å². The Bertz CT molecular complexity index is 936. The minimum Gasteiger partial charge on any atom is -0.378 e. The number of ether oxygens (including phenoxy) is 1. The van der Waals surface area contributed by atoms with Gasteiger partial charge in [0.1, 0.15) is 5.82 Å². The van der Waals surface area contributed by atoms with E-state index in [4.69, 9.17) is 16.2 Å². The molecule has 3 heterocycles. The van der Waals surface area contributed by atoms with Gasteiger partial charge in [0.15, 0.2) is 11.6 Å². The summed E-state index contributed by atoms with van der Waals surface area (Å²) in [5, 5.41) is 6.19. The molecule has 2 aromatic rings. The van der Waals surface area contributed by atoms with Crippen LogP contribution in [0.4, 0.5) is 27.4 Å². The number of nitrogens with two attached hydrogens (primary N) is 2. The van der Waals surface area contributed by atoms with E-state index in [0.29, 0.717) is 18.9 Å². The number of carbonyl (C=O) groups is 1. The smallest absolute Gasteiger partial charge is 0.252 e. The third-order valence-corrected chi connectivity index (χ3v) is 5.75. The van der Waals surface area contributed by atoms with Crippen LogP contribution in [0.2, 0.25) is 0 Å². The van der Waals surface area contributed by atoms with Crippen molar-refractivity contribution < 1.29 is 13.9 Å². The molecule has 0 spiro atoms. The fraction of sp³-hybridized carbons (Fsp3) is 0.476. The van der Waals surface area contributed by atoms with Gasteiger partial charge in [-0.15, -0.1) is 0 Å². The molecule has 10 heteroatoms. The van der Waals surface area contributed by atoms with E-state index >= 15 is 0 Å². The number of carbonyl (C=O) groups excluding carboxylic acids is 1. The van der Waals surface area contributed by atoms with Gasteiger partial charge in [0.05, 0.1) is 42.5 Å². The first-order valence-electron chi connectivity index (χ1n) is 10.6. The highest BCUT2D eigenvalue weighted by atomic mass is 19.1. The first-order valence-corrected chi connectivity index (χ1v) is 10.6. The van der Waals surface area contributed by atoms with Gasteiger partial charge in [-0.05, 0) is 25.0 Å². The largest absolute Gasteiger partial charge is 0.378 e. The van der Waals surface area contributed by atoms with Crippen LogP contribution < -0.4 is 27.0 Å². The molecule has 0 bridgehead atoms. The highest BCUT2D eigenvalue weighted by Crippen LogP contribution is 2.28. The lowest BCUT2D eigenvalue weighted by atomic mass is 9.91. The fourth-order valence-corrected chi connectivity index (χ4v) is 4.01. The van der Waals surface area contributed by atoms with E-state index < -0.39 is 11.7 Å². The van der Waals surface area contributed by atoms with Gasteiger partial charge in [-0.2, -0.15) is 0 Å². The number of aromatic nitrogens is 2. The maximum absolute atomic E-state index is 14.7. The number of amides is 1. The van der Waals surface area contributed by atoms with E-state index in [1.807, 2.05) is 6.07 Å². The summed E-state index contributed by atoms with van der Waals surface area (Å²) < 4.78 is 20.1. The van der Waals surface area contributed by atoms with Crippen LogP contribution in [-0.2, 0) is 4.74 Å². The summed E-state index contributed by atoms with van der Waals surface area (Å²) in [5.74, 6) is -1.20. The Kier molecular flexibility index (Phi) is 6.47. The zero-order valence-corrected chi connectivity index (χ0v) is 17.3. The van der Waals surface area contributed by atoms with E-state index in [1.165, 1.54) is 0 Å². The van der Waals surface area contributed by atoms with Crippen LogP contribution >= 0.6 is 0 Å². The molecule has 2 aliphatic rings. The number of rotatable bonds is 6. The predicted molar refractivity (Wildman–Crippen MR) is 117 cm³/mol. The fourth-order valence-electron chi connectivity index (χ4n) is 4.01. The number of hydrogen-bond acceptors (Lipinski definition) is 8. The number of nitrogens with one attached hydrogen (secondary N) is 2. The molecule has 0 radical (unpaired) electrons. The minimum absolute atomic E-state index is 0.0345. The van der Waals surface area contributed by atoms with Crippen molar-refractivity contribution in [1.82, 2.24) is 9.97 Å². The molecule has 9 nitrogen and oxygen atoms in total. The average molecular weight is 430 g/mol. The third-order valence-electron chi connectivity index (χ3n) is 5.75. The lowest BCUT2D eigenvalue weighted by Gasteiger charge is -2.30. The highest BCUT2D eigenvalue weighted by molar-refractivity contribution is 5.98. The van der Waals surface area contributed by atoms with Crippen LogP contribution in [0.5, 0.6) is 0 Å². The standard InChI is InChI=1S/C21H28FN7O2/c22-16-10-15(19(24)30)20(28-21(16)27-18-4-2-1-3-17(18)23)26-13-9-14(12-25-11-13)29-5-7-31-8-6-29/h9-12,17-18H,1-8,23H2,(H2,24,30)(H2,26,27,28)/t17-,18?/m0/s1. The number of hydrogen-bond donors (Lipinski definition) is 4. The zero-order chi connectivity index (χ0) is 21.8. The molecule has 31 heavy (non-hydrogen) atoms. The number of morpholine rings is 1. The van der Waals surface area contributed by atoms with Gasteiger partial charge in [-0.25, -0.2) is 9.37 Å². The molecule has 2 fully saturated rings. The summed E-state index contributed by atoms with van der Waals surface area (Å²) in [4.78, 5) is 22.7. The van der Waals surface area contributed by atoms with Crippen molar-refractivity contribution in [3.8, 4) is 0 Å². The van der Waals surface area contributed by atoms with Gasteiger partial charge >= 0.3 is 0 Å². The second kappa shape index (κ2) is 9.44. The number of nitrogens with zero attached hydrogens (tertiary/aromatic N) is 3. The van der Waals surface area contributed by atoms with E-state index in [9.17, 15) is 9.18 Å². The Labute approximate surface area is 180 Å². The van der Waals surface area contributed by atoms with Crippen molar-refractivity contribution in [1.29, 1.82) is 0 Å². The molecule has 1 unspecified atom stereocenters. The summed E-state index contributed by atoms with van der Waals surface area (Å²) in [6.45, 7) is 2.84. The normalized spacial score (nSPS) is 21.5. The lowest BCUT2D eigenvalue weighted by molar-refractivity contribution is 0.100. The van der Waals surface area contributed by atoms with Gasteiger partial charge in [0, 0.05) is 25.2 Å². The summed E-state index contributed by atoms with van der Waals surface area (Å²) in [6, 6.07) is 2.86. The maximum Gasteiger partial charge on any atom is 0.252 e. The second-order valence-corrected chi connectivity index (χ2v) is 7.93. The lowest BCUT2D eigenvalue weighted by Crippen LogP contribution is -2.43. The van der Waals surface area contributed by atoms with E-state index in [1.54, 1.807) is 12.4 Å².